The van der Waals surface area contributed by atoms with Crippen molar-refractivity contribution in [2.75, 3.05) is 4.90 Å². The van der Waals surface area contributed by atoms with Crippen LogP contribution in [0.1, 0.15) is 12.0 Å². The number of amides is 2. The molecule has 24 heavy (non-hydrogen) atoms. The third-order valence-corrected chi connectivity index (χ3v) is 6.31. The number of aryl methyl sites for hydroxylation is 1. The van der Waals surface area contributed by atoms with E-state index in [-0.39, 0.29) is 41.2 Å². The number of allylic oxidation sites excluding steroid dienone is 2. The summed E-state index contributed by atoms with van der Waals surface area (Å²) < 4.78 is 0. The first-order chi connectivity index (χ1) is 11.5. The Labute approximate surface area is 138 Å². The van der Waals surface area contributed by atoms with E-state index in [4.69, 9.17) is 0 Å². The highest BCUT2D eigenvalue weighted by molar-refractivity contribution is 6.23. The number of anilines is 1. The van der Waals surface area contributed by atoms with Crippen LogP contribution in [0.4, 0.5) is 11.4 Å². The van der Waals surface area contributed by atoms with Crippen molar-refractivity contribution in [1.82, 2.24) is 0 Å². The Hall–Kier alpha value is -2.50. The Kier molecular flexibility index (Phi) is 2.50. The average Bonchev–Trinajstić information content (AvgIpc) is 3.33. The zero-order chi connectivity index (χ0) is 16.7. The predicted molar refractivity (Wildman–Crippen MR) is 85.0 cm³/mol. The summed E-state index contributed by atoms with van der Waals surface area (Å²) in [6.45, 7) is 1.77. The molecule has 0 radical (unpaired) electrons. The average molecular weight is 324 g/mol. The second kappa shape index (κ2) is 4.32. The van der Waals surface area contributed by atoms with Crippen LogP contribution in [0.15, 0.2) is 30.4 Å². The van der Waals surface area contributed by atoms with Gasteiger partial charge in [-0.25, -0.2) is 4.90 Å². The fourth-order valence-corrected chi connectivity index (χ4v) is 5.15. The van der Waals surface area contributed by atoms with Crippen LogP contribution in [0, 0.1) is 52.5 Å². The molecule has 1 aliphatic heterocycles. The Morgan fingerprint density at radius 1 is 1.08 bits per heavy atom. The summed E-state index contributed by atoms with van der Waals surface area (Å²) in [6, 6.07) is 4.34. The Morgan fingerprint density at radius 3 is 2.21 bits per heavy atom. The molecule has 2 bridgehead atoms. The minimum absolute atomic E-state index is 0.102. The van der Waals surface area contributed by atoms with E-state index in [1.54, 1.807) is 13.0 Å². The van der Waals surface area contributed by atoms with Crippen LogP contribution in [0.3, 0.4) is 0 Å². The van der Waals surface area contributed by atoms with Crippen molar-refractivity contribution < 1.29 is 14.5 Å². The minimum Gasteiger partial charge on any atom is -0.274 e. The number of benzene rings is 1. The van der Waals surface area contributed by atoms with Crippen LogP contribution in [0.25, 0.3) is 0 Å². The van der Waals surface area contributed by atoms with Crippen molar-refractivity contribution in [2.24, 2.45) is 35.5 Å². The van der Waals surface area contributed by atoms with E-state index in [0.717, 1.165) is 6.42 Å². The van der Waals surface area contributed by atoms with Crippen molar-refractivity contribution >= 4 is 23.2 Å². The van der Waals surface area contributed by atoms with E-state index >= 15 is 0 Å². The molecule has 1 aromatic carbocycles. The number of hydrogen-bond acceptors (Lipinski definition) is 4. The molecule has 122 valence electrons. The molecule has 0 spiro atoms. The molecule has 2 saturated carbocycles. The van der Waals surface area contributed by atoms with E-state index in [0.29, 0.717) is 23.1 Å². The van der Waals surface area contributed by atoms with E-state index in [1.807, 2.05) is 0 Å². The number of imide groups is 1. The lowest BCUT2D eigenvalue weighted by Crippen LogP contribution is -2.40. The lowest BCUT2D eigenvalue weighted by Gasteiger charge is -2.37. The number of non-ortho nitro benzene ring substituents is 1. The van der Waals surface area contributed by atoms with Crippen molar-refractivity contribution in [3.05, 3.63) is 46.0 Å². The lowest BCUT2D eigenvalue weighted by atomic mass is 9.63. The summed E-state index contributed by atoms with van der Waals surface area (Å²) >= 11 is 0. The third kappa shape index (κ3) is 1.56. The maximum absolute atomic E-state index is 13.0. The molecule has 3 fully saturated rings. The molecule has 1 heterocycles. The Bertz CT molecular complexity index is 809. The fraction of sp³-hybridized carbons (Fsp3) is 0.444. The third-order valence-electron chi connectivity index (χ3n) is 6.31. The topological polar surface area (TPSA) is 80.5 Å². The van der Waals surface area contributed by atoms with Crippen LogP contribution in [-0.2, 0) is 9.59 Å². The van der Waals surface area contributed by atoms with Gasteiger partial charge in [0, 0.05) is 12.1 Å². The number of nitro benzene ring substituents is 1. The zero-order valence-electron chi connectivity index (χ0n) is 13.1. The summed E-state index contributed by atoms with van der Waals surface area (Å²) in [6.07, 6.45) is 5.36. The zero-order valence-corrected chi connectivity index (χ0v) is 13.1. The minimum atomic E-state index is -0.499. The number of hydrogen-bond donors (Lipinski definition) is 0. The molecular weight excluding hydrogens is 308 g/mol. The number of rotatable bonds is 2. The molecule has 1 saturated heterocycles. The lowest BCUT2D eigenvalue weighted by molar-refractivity contribution is -0.384. The van der Waals surface area contributed by atoms with Crippen molar-refractivity contribution in [3.8, 4) is 0 Å². The molecule has 6 heteroatoms. The second-order valence-corrected chi connectivity index (χ2v) is 7.39. The van der Waals surface area contributed by atoms with Gasteiger partial charge in [0.25, 0.3) is 5.69 Å². The summed E-state index contributed by atoms with van der Waals surface area (Å²) in [5, 5.41) is 11.1. The largest absolute Gasteiger partial charge is 0.274 e. The maximum Gasteiger partial charge on any atom is 0.271 e. The van der Waals surface area contributed by atoms with Gasteiger partial charge in [-0.1, -0.05) is 18.2 Å². The van der Waals surface area contributed by atoms with Crippen LogP contribution in [0.2, 0.25) is 0 Å². The van der Waals surface area contributed by atoms with Crippen LogP contribution in [-0.4, -0.2) is 16.7 Å². The van der Waals surface area contributed by atoms with Gasteiger partial charge in [0.1, 0.15) is 0 Å². The molecule has 5 aliphatic rings. The van der Waals surface area contributed by atoms with Crippen molar-refractivity contribution in [2.45, 2.75) is 13.3 Å². The highest BCUT2D eigenvalue weighted by Crippen LogP contribution is 2.65. The highest BCUT2D eigenvalue weighted by atomic mass is 16.6. The molecule has 6 nitrogen and oxygen atoms in total. The van der Waals surface area contributed by atoms with Crippen LogP contribution < -0.4 is 4.90 Å². The van der Waals surface area contributed by atoms with E-state index in [1.165, 1.54) is 17.0 Å². The first-order valence-electron chi connectivity index (χ1n) is 8.30. The summed E-state index contributed by atoms with van der Waals surface area (Å²) in [5.74, 6) is 0.477. The molecule has 0 aromatic heterocycles. The number of nitrogens with zero attached hydrogens (tertiary/aromatic N) is 2. The number of nitro groups is 1. The van der Waals surface area contributed by atoms with Crippen molar-refractivity contribution in [1.29, 1.82) is 0 Å². The molecule has 6 rings (SSSR count). The van der Waals surface area contributed by atoms with Gasteiger partial charge in [-0.3, -0.25) is 19.7 Å². The molecule has 0 N–H and O–H groups in total. The fourth-order valence-electron chi connectivity index (χ4n) is 5.15. The van der Waals surface area contributed by atoms with Gasteiger partial charge >= 0.3 is 0 Å². The molecule has 4 aliphatic carbocycles. The van der Waals surface area contributed by atoms with Crippen LogP contribution >= 0.6 is 0 Å². The Balaban J connectivity index is 1.60. The van der Waals surface area contributed by atoms with Gasteiger partial charge in [0.2, 0.25) is 11.8 Å². The monoisotopic (exact) mass is 324 g/mol. The molecule has 2 amide bonds. The first-order valence-corrected chi connectivity index (χ1v) is 8.30. The Morgan fingerprint density at radius 2 is 1.67 bits per heavy atom. The number of carbonyl (C=O) groups excluding carboxylic acids is 2. The second-order valence-electron chi connectivity index (χ2n) is 7.39. The maximum atomic E-state index is 13.0. The van der Waals surface area contributed by atoms with Gasteiger partial charge in [0.05, 0.1) is 22.4 Å². The van der Waals surface area contributed by atoms with Gasteiger partial charge < -0.3 is 0 Å². The first kappa shape index (κ1) is 13.9. The molecule has 6 atom stereocenters. The highest BCUT2D eigenvalue weighted by Gasteiger charge is 2.67. The standard InChI is InChI=1S/C18H16N2O4/c1-8-2-3-9(20(23)24)6-14(8)19-17(21)15-10-4-5-11(13-7-12(10)13)16(15)18(19)22/h2-6,10-13,15-16H,7H2,1H3/t10-,11-,12-,13+,15-,16+/m1/s1. The molecule has 1 aromatic rings. The van der Waals surface area contributed by atoms with E-state index in [9.17, 15) is 19.7 Å². The number of carbonyl (C=O) groups is 2. The van der Waals surface area contributed by atoms with Gasteiger partial charge in [-0.05, 0) is 42.6 Å². The van der Waals surface area contributed by atoms with Crippen molar-refractivity contribution in [3.63, 3.8) is 0 Å². The summed E-state index contributed by atoms with van der Waals surface area (Å²) in [5.41, 5.74) is 0.961. The van der Waals surface area contributed by atoms with E-state index in [2.05, 4.69) is 12.2 Å². The van der Waals surface area contributed by atoms with Crippen LogP contribution in [0.5, 0.6) is 0 Å². The van der Waals surface area contributed by atoms with E-state index < -0.39 is 4.92 Å². The quantitative estimate of drug-likeness (QED) is 0.362. The summed E-state index contributed by atoms with van der Waals surface area (Å²) in [7, 11) is 0. The molecule has 0 unspecified atom stereocenters. The molecular formula is C18H16N2O4. The predicted octanol–water partition coefficient (Wildman–Crippen LogP) is 2.46. The SMILES string of the molecule is Cc1ccc([N+](=O)[O-])cc1N1C(=O)[C@@H]2[C@@H]3C=C[C@H]([C@@H]4C[C@H]34)[C@@H]2C1=O. The smallest absolute Gasteiger partial charge is 0.271 e. The summed E-state index contributed by atoms with van der Waals surface area (Å²) in [4.78, 5) is 37.9. The normalized spacial score (nSPS) is 38.3. The van der Waals surface area contributed by atoms with Gasteiger partial charge in [-0.2, -0.15) is 0 Å². The van der Waals surface area contributed by atoms with Gasteiger partial charge in [0.15, 0.2) is 0 Å². The van der Waals surface area contributed by atoms with Gasteiger partial charge in [-0.15, -0.1) is 0 Å².